The van der Waals surface area contributed by atoms with Crippen LogP contribution in [0.25, 0.3) is 0 Å². The van der Waals surface area contributed by atoms with E-state index in [2.05, 4.69) is 0 Å². The third-order valence-electron chi connectivity index (χ3n) is 2.15. The molecule has 23 heavy (non-hydrogen) atoms. The Kier molecular flexibility index (Phi) is 12.7. The summed E-state index contributed by atoms with van der Waals surface area (Å²) < 4.78 is 1.00. The fraction of sp³-hybridized carbons (Fsp3) is 0.800. The van der Waals surface area contributed by atoms with Crippen LogP contribution in [-0.4, -0.2) is 93.3 Å². The van der Waals surface area contributed by atoms with Crippen molar-refractivity contribution in [2.24, 2.45) is 0 Å². The quantitative estimate of drug-likeness (QED) is 0.379. The monoisotopic (exact) mass is 336 g/mol. The highest BCUT2D eigenvalue weighted by atomic mass is 16.4. The summed E-state index contributed by atoms with van der Waals surface area (Å²) in [5, 5.41) is 29.1. The minimum absolute atomic E-state index is 0. The topological polar surface area (TPSA) is 118 Å². The number of ketones is 1. The second kappa shape index (κ2) is 11.1. The summed E-state index contributed by atoms with van der Waals surface area (Å²) in [5.74, 6) is -2.80. The molecule has 0 spiro atoms. The van der Waals surface area contributed by atoms with E-state index in [1.54, 1.807) is 0 Å². The maximum absolute atomic E-state index is 10.8. The maximum atomic E-state index is 10.8. The molecular formula is C15H32N2O6. The highest BCUT2D eigenvalue weighted by Gasteiger charge is 2.15. The predicted molar refractivity (Wildman–Crippen MR) is 82.8 cm³/mol. The Hall–Kier alpha value is -1.51. The van der Waals surface area contributed by atoms with Crippen molar-refractivity contribution >= 4 is 17.7 Å². The van der Waals surface area contributed by atoms with E-state index in [9.17, 15) is 24.6 Å². The molecule has 0 aliphatic rings. The Morgan fingerprint density at radius 2 is 1.35 bits per heavy atom. The van der Waals surface area contributed by atoms with Crippen LogP contribution in [-0.2, 0) is 14.4 Å². The zero-order valence-corrected chi connectivity index (χ0v) is 14.3. The number of carbonyl (C=O) groups is 3. The van der Waals surface area contributed by atoms with E-state index < -0.39 is 24.5 Å². The normalized spacial score (nSPS) is 12.3. The van der Waals surface area contributed by atoms with Gasteiger partial charge in [0.25, 0.3) is 0 Å². The SMILES string of the molecule is C.C[N+](C)(C)CC(=O)CC(=O)[O-].C[N+](C)(C)CC(O)CC(=O)[O-]. The number of aliphatic hydroxyl groups is 1. The van der Waals surface area contributed by atoms with Gasteiger partial charge in [-0.05, 0) is 0 Å². The molecule has 0 bridgehead atoms. The van der Waals surface area contributed by atoms with Crippen molar-refractivity contribution in [2.75, 3.05) is 55.4 Å². The van der Waals surface area contributed by atoms with Crippen LogP contribution in [0.3, 0.4) is 0 Å². The zero-order valence-electron chi connectivity index (χ0n) is 14.3. The number of rotatable bonds is 8. The van der Waals surface area contributed by atoms with Crippen LogP contribution in [0.1, 0.15) is 20.3 Å². The van der Waals surface area contributed by atoms with Crippen LogP contribution < -0.4 is 10.2 Å². The molecule has 0 radical (unpaired) electrons. The van der Waals surface area contributed by atoms with Gasteiger partial charge in [-0.15, -0.1) is 0 Å². The second-order valence-electron chi connectivity index (χ2n) is 7.24. The lowest BCUT2D eigenvalue weighted by atomic mass is 10.2. The average molecular weight is 336 g/mol. The summed E-state index contributed by atoms with van der Waals surface area (Å²) in [6, 6.07) is 0. The van der Waals surface area contributed by atoms with Crippen LogP contribution in [0, 0.1) is 0 Å². The smallest absolute Gasteiger partial charge is 0.192 e. The fourth-order valence-corrected chi connectivity index (χ4v) is 1.64. The van der Waals surface area contributed by atoms with Crippen molar-refractivity contribution in [2.45, 2.75) is 26.4 Å². The van der Waals surface area contributed by atoms with E-state index in [4.69, 9.17) is 5.11 Å². The molecule has 8 nitrogen and oxygen atoms in total. The van der Waals surface area contributed by atoms with Gasteiger partial charge in [0.05, 0.1) is 48.7 Å². The molecule has 0 heterocycles. The van der Waals surface area contributed by atoms with Crippen LogP contribution in [0.2, 0.25) is 0 Å². The van der Waals surface area contributed by atoms with E-state index in [-0.39, 0.29) is 26.2 Å². The van der Waals surface area contributed by atoms with Gasteiger partial charge in [-0.1, -0.05) is 7.43 Å². The van der Waals surface area contributed by atoms with Gasteiger partial charge in [-0.2, -0.15) is 0 Å². The van der Waals surface area contributed by atoms with Crippen molar-refractivity contribution in [3.8, 4) is 0 Å². The van der Waals surface area contributed by atoms with Crippen molar-refractivity contribution in [1.82, 2.24) is 0 Å². The molecule has 0 saturated heterocycles. The van der Waals surface area contributed by atoms with Crippen LogP contribution >= 0.6 is 0 Å². The first-order chi connectivity index (χ1) is 9.62. The van der Waals surface area contributed by atoms with Crippen molar-refractivity contribution in [3.63, 3.8) is 0 Å². The average Bonchev–Trinajstić information content (AvgIpc) is 2.07. The van der Waals surface area contributed by atoms with Crippen LogP contribution in [0.5, 0.6) is 0 Å². The van der Waals surface area contributed by atoms with Crippen molar-refractivity contribution < 1.29 is 38.7 Å². The number of Topliss-reactive ketones (excluding diaryl/α,β-unsaturated/α-hetero) is 1. The van der Waals surface area contributed by atoms with Gasteiger partial charge in [0.2, 0.25) is 0 Å². The lowest BCUT2D eigenvalue weighted by Crippen LogP contribution is -2.43. The molecule has 0 saturated carbocycles. The summed E-state index contributed by atoms with van der Waals surface area (Å²) >= 11 is 0. The van der Waals surface area contributed by atoms with Gasteiger partial charge in [0.15, 0.2) is 5.78 Å². The fourth-order valence-electron chi connectivity index (χ4n) is 1.64. The highest BCUT2D eigenvalue weighted by molar-refractivity contribution is 5.94. The van der Waals surface area contributed by atoms with E-state index in [1.165, 1.54) is 0 Å². The first-order valence-corrected chi connectivity index (χ1v) is 6.83. The lowest BCUT2D eigenvalue weighted by Gasteiger charge is -2.26. The summed E-state index contributed by atoms with van der Waals surface area (Å²) in [4.78, 5) is 30.8. The van der Waals surface area contributed by atoms with Gasteiger partial charge >= 0.3 is 0 Å². The molecule has 0 aliphatic carbocycles. The van der Waals surface area contributed by atoms with E-state index in [0.29, 0.717) is 15.5 Å². The number of hydrogen-bond acceptors (Lipinski definition) is 6. The van der Waals surface area contributed by atoms with Gasteiger partial charge < -0.3 is 33.9 Å². The molecule has 0 rings (SSSR count). The number of aliphatic carboxylic acids is 2. The lowest BCUT2D eigenvalue weighted by molar-refractivity contribution is -0.873. The third kappa shape index (κ3) is 25.8. The highest BCUT2D eigenvalue weighted by Crippen LogP contribution is 1.97. The third-order valence-corrected chi connectivity index (χ3v) is 2.15. The molecule has 1 unspecified atom stereocenters. The number of aliphatic hydroxyl groups excluding tert-OH is 1. The Bertz CT molecular complexity index is 382. The van der Waals surface area contributed by atoms with E-state index in [1.807, 2.05) is 42.3 Å². The number of carboxylic acid groups (broad SMARTS) is 2. The number of quaternary nitrogens is 2. The molecule has 0 aromatic heterocycles. The standard InChI is InChI=1S/C7H15NO3.C7H13NO3.CH4/c2*1-8(2,3)5-6(9)4-7(10)11;/h6,9H,4-5H2,1-3H3;4-5H2,1-3H3;1H4. The number of carboxylic acids is 2. The van der Waals surface area contributed by atoms with Gasteiger partial charge in [-0.3, -0.25) is 4.79 Å². The maximum Gasteiger partial charge on any atom is 0.192 e. The van der Waals surface area contributed by atoms with Gasteiger partial charge in [0, 0.05) is 18.4 Å². The first-order valence-electron chi connectivity index (χ1n) is 6.83. The van der Waals surface area contributed by atoms with Gasteiger partial charge in [-0.25, -0.2) is 0 Å². The molecule has 0 aliphatic heterocycles. The van der Waals surface area contributed by atoms with E-state index in [0.717, 1.165) is 0 Å². The van der Waals surface area contributed by atoms with Gasteiger partial charge in [0.1, 0.15) is 19.2 Å². The van der Waals surface area contributed by atoms with Crippen molar-refractivity contribution in [1.29, 1.82) is 0 Å². The molecule has 0 aromatic carbocycles. The molecule has 8 heteroatoms. The Morgan fingerprint density at radius 1 is 0.913 bits per heavy atom. The van der Waals surface area contributed by atoms with E-state index >= 15 is 0 Å². The summed E-state index contributed by atoms with van der Waals surface area (Å²) in [5.41, 5.74) is 0. The zero-order chi connectivity index (χ0) is 18.1. The summed E-state index contributed by atoms with van der Waals surface area (Å²) in [7, 11) is 11.1. The van der Waals surface area contributed by atoms with Crippen LogP contribution in [0.15, 0.2) is 0 Å². The molecule has 0 amide bonds. The number of hydrogen-bond donors (Lipinski definition) is 1. The largest absolute Gasteiger partial charge is 0.550 e. The second-order valence-corrected chi connectivity index (χ2v) is 7.24. The molecule has 0 aromatic rings. The Balaban J connectivity index is -0.000000333. The number of nitrogens with zero attached hydrogens (tertiary/aromatic N) is 2. The minimum Gasteiger partial charge on any atom is -0.550 e. The Labute approximate surface area is 139 Å². The molecular weight excluding hydrogens is 304 g/mol. The predicted octanol–water partition coefficient (Wildman–Crippen LogP) is -2.77. The molecule has 138 valence electrons. The van der Waals surface area contributed by atoms with Crippen molar-refractivity contribution in [3.05, 3.63) is 0 Å². The molecule has 1 atom stereocenters. The molecule has 0 fully saturated rings. The summed E-state index contributed by atoms with van der Waals surface area (Å²) in [6.07, 6.45) is -1.56. The Morgan fingerprint density at radius 3 is 1.61 bits per heavy atom. The summed E-state index contributed by atoms with van der Waals surface area (Å²) in [6.45, 7) is 0.655. The number of likely N-dealkylation sites (N-methyl/N-ethyl adjacent to an activating group) is 2. The number of carbonyl (C=O) groups excluding carboxylic acids is 3. The minimum atomic E-state index is -1.30. The first kappa shape index (κ1) is 26.4. The molecule has 1 N–H and O–H groups in total. The van der Waals surface area contributed by atoms with Crippen LogP contribution in [0.4, 0.5) is 0 Å².